The predicted octanol–water partition coefficient (Wildman–Crippen LogP) is 4.75. The molecule has 3 rings (SSSR count). The fraction of sp³-hybridized carbons (Fsp3) is 0. The highest BCUT2D eigenvalue weighted by Crippen LogP contribution is 2.31. The van der Waals surface area contributed by atoms with Crippen molar-refractivity contribution in [3.05, 3.63) is 59.8 Å². The number of rotatable bonds is 1. The molecular weight excluding hydrogens is 220 g/mol. The van der Waals surface area contributed by atoms with E-state index in [2.05, 4.69) is 12.1 Å². The number of hydrogen-bond acceptors (Lipinski definition) is 1. The first-order valence-electron chi connectivity index (χ1n) is 5.07. The van der Waals surface area contributed by atoms with Crippen molar-refractivity contribution in [1.82, 2.24) is 0 Å². The Morgan fingerprint density at radius 2 is 1.75 bits per heavy atom. The monoisotopic (exact) mass is 228 g/mol. The maximum absolute atomic E-state index is 5.99. The van der Waals surface area contributed by atoms with Crippen LogP contribution >= 0.6 is 11.6 Å². The van der Waals surface area contributed by atoms with Crippen LogP contribution < -0.4 is 0 Å². The van der Waals surface area contributed by atoms with E-state index in [-0.39, 0.29) is 0 Å². The molecular formula is C14H9ClO. The number of halogens is 1. The molecule has 3 aromatic rings. The zero-order chi connectivity index (χ0) is 11.0. The summed E-state index contributed by atoms with van der Waals surface area (Å²) in [5, 5.41) is 1.78. The first-order valence-corrected chi connectivity index (χ1v) is 5.44. The minimum atomic E-state index is 0.728. The van der Waals surface area contributed by atoms with Gasteiger partial charge in [-0.05, 0) is 23.8 Å². The maximum atomic E-state index is 5.99. The molecule has 1 heterocycles. The Hall–Kier alpha value is -1.73. The minimum absolute atomic E-state index is 0.728. The van der Waals surface area contributed by atoms with E-state index in [4.69, 9.17) is 16.0 Å². The van der Waals surface area contributed by atoms with Gasteiger partial charge in [-0.1, -0.05) is 41.9 Å². The summed E-state index contributed by atoms with van der Waals surface area (Å²) in [6.07, 6.45) is 1.77. The van der Waals surface area contributed by atoms with Gasteiger partial charge in [0.2, 0.25) is 0 Å². The Balaban J connectivity index is 2.29. The molecule has 0 atom stereocenters. The van der Waals surface area contributed by atoms with Crippen molar-refractivity contribution < 1.29 is 4.42 Å². The van der Waals surface area contributed by atoms with Crippen LogP contribution in [0.15, 0.2) is 59.2 Å². The second kappa shape index (κ2) is 3.69. The number of benzene rings is 2. The molecule has 16 heavy (non-hydrogen) atoms. The smallest absolute Gasteiger partial charge is 0.134 e. The lowest BCUT2D eigenvalue weighted by molar-refractivity contribution is 0.617. The van der Waals surface area contributed by atoms with E-state index >= 15 is 0 Å². The van der Waals surface area contributed by atoms with Crippen molar-refractivity contribution in [2.24, 2.45) is 0 Å². The summed E-state index contributed by atoms with van der Waals surface area (Å²) in [5.41, 5.74) is 3.09. The van der Waals surface area contributed by atoms with Crippen molar-refractivity contribution in [3.63, 3.8) is 0 Å². The third-order valence-electron chi connectivity index (χ3n) is 2.62. The molecule has 2 aromatic carbocycles. The van der Waals surface area contributed by atoms with Crippen molar-refractivity contribution in [2.45, 2.75) is 0 Å². The third-order valence-corrected chi connectivity index (χ3v) is 2.86. The van der Waals surface area contributed by atoms with Crippen LogP contribution in [0, 0.1) is 0 Å². The van der Waals surface area contributed by atoms with E-state index in [9.17, 15) is 0 Å². The molecule has 1 aromatic heterocycles. The van der Waals surface area contributed by atoms with Gasteiger partial charge in [0.25, 0.3) is 0 Å². The second-order valence-corrected chi connectivity index (χ2v) is 4.09. The Labute approximate surface area is 98.3 Å². The molecule has 0 amide bonds. The SMILES string of the molecule is Clc1ccc2occ(-c3ccccc3)c2c1. The standard InChI is InChI=1S/C14H9ClO/c15-11-6-7-14-12(8-11)13(9-16-14)10-4-2-1-3-5-10/h1-9H. The molecule has 0 aliphatic heterocycles. The maximum Gasteiger partial charge on any atom is 0.134 e. The molecule has 0 spiro atoms. The number of fused-ring (bicyclic) bond motifs is 1. The molecule has 0 aliphatic rings. The quantitative estimate of drug-likeness (QED) is 0.586. The molecule has 0 radical (unpaired) electrons. The van der Waals surface area contributed by atoms with Gasteiger partial charge in [-0.25, -0.2) is 0 Å². The molecule has 0 N–H and O–H groups in total. The van der Waals surface area contributed by atoms with Crippen LogP contribution in [0.2, 0.25) is 5.02 Å². The van der Waals surface area contributed by atoms with Gasteiger partial charge < -0.3 is 4.42 Å². The van der Waals surface area contributed by atoms with Gasteiger partial charge in [-0.15, -0.1) is 0 Å². The fourth-order valence-corrected chi connectivity index (χ4v) is 2.01. The first-order chi connectivity index (χ1) is 7.84. The summed E-state index contributed by atoms with van der Waals surface area (Å²) in [6, 6.07) is 15.8. The molecule has 0 saturated carbocycles. The Morgan fingerprint density at radius 3 is 2.56 bits per heavy atom. The first kappa shape index (κ1) is 9.49. The van der Waals surface area contributed by atoms with Gasteiger partial charge in [-0.3, -0.25) is 0 Å². The summed E-state index contributed by atoms with van der Waals surface area (Å²) in [4.78, 5) is 0. The van der Waals surface area contributed by atoms with Gasteiger partial charge >= 0.3 is 0 Å². The van der Waals surface area contributed by atoms with Crippen LogP contribution in [-0.4, -0.2) is 0 Å². The third kappa shape index (κ3) is 1.50. The van der Waals surface area contributed by atoms with Gasteiger partial charge in [-0.2, -0.15) is 0 Å². The van der Waals surface area contributed by atoms with Gasteiger partial charge in [0.1, 0.15) is 5.58 Å². The van der Waals surface area contributed by atoms with Gasteiger partial charge in [0, 0.05) is 16.0 Å². The zero-order valence-corrected chi connectivity index (χ0v) is 9.24. The normalized spacial score (nSPS) is 10.8. The highest BCUT2D eigenvalue weighted by Gasteiger charge is 2.07. The Bertz CT molecular complexity index is 626. The summed E-state index contributed by atoms with van der Waals surface area (Å²) in [7, 11) is 0. The van der Waals surface area contributed by atoms with E-state index in [0.717, 1.165) is 27.1 Å². The average molecular weight is 229 g/mol. The molecule has 0 bridgehead atoms. The molecule has 0 fully saturated rings. The molecule has 78 valence electrons. The lowest BCUT2D eigenvalue weighted by Gasteiger charge is -1.97. The minimum Gasteiger partial charge on any atom is -0.464 e. The van der Waals surface area contributed by atoms with Gasteiger partial charge in [0.15, 0.2) is 0 Å². The Morgan fingerprint density at radius 1 is 0.938 bits per heavy atom. The largest absolute Gasteiger partial charge is 0.464 e. The van der Waals surface area contributed by atoms with Crippen molar-refractivity contribution in [2.75, 3.05) is 0 Å². The predicted molar refractivity (Wildman–Crippen MR) is 66.7 cm³/mol. The lowest BCUT2D eigenvalue weighted by atomic mass is 10.1. The molecule has 2 heteroatoms. The Kier molecular flexibility index (Phi) is 2.19. The summed E-state index contributed by atoms with van der Waals surface area (Å²) >= 11 is 5.99. The zero-order valence-electron chi connectivity index (χ0n) is 8.48. The summed E-state index contributed by atoms with van der Waals surface area (Å²) in [6.45, 7) is 0. The number of hydrogen-bond donors (Lipinski definition) is 0. The van der Waals surface area contributed by atoms with E-state index < -0.39 is 0 Å². The van der Waals surface area contributed by atoms with Crippen molar-refractivity contribution in [3.8, 4) is 11.1 Å². The molecule has 1 nitrogen and oxygen atoms in total. The van der Waals surface area contributed by atoms with Crippen LogP contribution in [-0.2, 0) is 0 Å². The van der Waals surface area contributed by atoms with Crippen LogP contribution in [0.4, 0.5) is 0 Å². The van der Waals surface area contributed by atoms with E-state index in [1.165, 1.54) is 0 Å². The molecule has 0 aliphatic carbocycles. The van der Waals surface area contributed by atoms with Gasteiger partial charge in [0.05, 0.1) is 6.26 Å². The van der Waals surface area contributed by atoms with E-state index in [1.54, 1.807) is 6.26 Å². The van der Waals surface area contributed by atoms with E-state index in [0.29, 0.717) is 0 Å². The van der Waals surface area contributed by atoms with Crippen molar-refractivity contribution in [1.29, 1.82) is 0 Å². The summed E-state index contributed by atoms with van der Waals surface area (Å²) in [5.74, 6) is 0. The number of furan rings is 1. The highest BCUT2D eigenvalue weighted by atomic mass is 35.5. The highest BCUT2D eigenvalue weighted by molar-refractivity contribution is 6.31. The lowest BCUT2D eigenvalue weighted by Crippen LogP contribution is -1.74. The van der Waals surface area contributed by atoms with Crippen LogP contribution in [0.25, 0.3) is 22.1 Å². The fourth-order valence-electron chi connectivity index (χ4n) is 1.84. The van der Waals surface area contributed by atoms with E-state index in [1.807, 2.05) is 36.4 Å². The second-order valence-electron chi connectivity index (χ2n) is 3.66. The average Bonchev–Trinajstić information content (AvgIpc) is 2.73. The molecule has 0 unspecified atom stereocenters. The van der Waals surface area contributed by atoms with Crippen molar-refractivity contribution >= 4 is 22.6 Å². The molecule has 0 saturated heterocycles. The topological polar surface area (TPSA) is 13.1 Å². The van der Waals surface area contributed by atoms with Crippen LogP contribution in [0.1, 0.15) is 0 Å². The van der Waals surface area contributed by atoms with Crippen LogP contribution in [0.5, 0.6) is 0 Å². The summed E-state index contributed by atoms with van der Waals surface area (Å²) < 4.78 is 5.50. The van der Waals surface area contributed by atoms with Crippen LogP contribution in [0.3, 0.4) is 0 Å².